The summed E-state index contributed by atoms with van der Waals surface area (Å²) >= 11 is 6.18. The number of piperazine rings is 1. The summed E-state index contributed by atoms with van der Waals surface area (Å²) in [7, 11) is 0. The van der Waals surface area contributed by atoms with Gasteiger partial charge in [-0.15, -0.1) is 0 Å². The zero-order chi connectivity index (χ0) is 24.9. The Labute approximate surface area is 209 Å². The molecule has 1 saturated heterocycles. The van der Waals surface area contributed by atoms with E-state index in [1.807, 2.05) is 13.8 Å². The Morgan fingerprint density at radius 3 is 2.14 bits per heavy atom. The number of nitrogens with zero attached hydrogens (tertiary/aromatic N) is 5. The van der Waals surface area contributed by atoms with Crippen LogP contribution in [0.2, 0.25) is 5.28 Å². The van der Waals surface area contributed by atoms with Crippen LogP contribution >= 0.6 is 11.6 Å². The van der Waals surface area contributed by atoms with E-state index in [2.05, 4.69) is 36.7 Å². The topological polar surface area (TPSA) is 60.9 Å². The van der Waals surface area contributed by atoms with Crippen LogP contribution in [-0.4, -0.2) is 50.5 Å². The lowest BCUT2D eigenvalue weighted by atomic mass is 9.95. The molecule has 2 aromatic carbocycles. The number of rotatable bonds is 5. The van der Waals surface area contributed by atoms with Gasteiger partial charge in [-0.1, -0.05) is 45.0 Å². The van der Waals surface area contributed by atoms with Crippen LogP contribution in [0.5, 0.6) is 0 Å². The molecule has 184 valence electrons. The van der Waals surface area contributed by atoms with Crippen molar-refractivity contribution in [3.05, 3.63) is 82.9 Å². The number of hydrogen-bond acceptors (Lipinski definition) is 5. The van der Waals surface area contributed by atoms with Crippen molar-refractivity contribution < 1.29 is 8.78 Å². The van der Waals surface area contributed by atoms with Gasteiger partial charge in [-0.3, -0.25) is 4.90 Å². The Kier molecular flexibility index (Phi) is 7.93. The van der Waals surface area contributed by atoms with Crippen LogP contribution in [0.25, 0.3) is 11.2 Å². The summed E-state index contributed by atoms with van der Waals surface area (Å²) in [6.07, 6.45) is 2.47. The van der Waals surface area contributed by atoms with Crippen LogP contribution in [0.4, 0.5) is 14.6 Å². The van der Waals surface area contributed by atoms with Gasteiger partial charge in [0.25, 0.3) is 0 Å². The van der Waals surface area contributed by atoms with Crippen molar-refractivity contribution in [2.45, 2.75) is 39.3 Å². The van der Waals surface area contributed by atoms with Crippen molar-refractivity contribution in [3.8, 4) is 0 Å². The Morgan fingerprint density at radius 2 is 1.57 bits per heavy atom. The molecule has 2 aromatic heterocycles. The quantitative estimate of drug-likeness (QED) is 0.342. The summed E-state index contributed by atoms with van der Waals surface area (Å²) in [6.45, 7) is 8.32. The number of imidazole rings is 1. The zero-order valence-corrected chi connectivity index (χ0v) is 20.8. The molecule has 6 nitrogen and oxygen atoms in total. The van der Waals surface area contributed by atoms with Crippen molar-refractivity contribution in [3.63, 3.8) is 0 Å². The third-order valence-corrected chi connectivity index (χ3v) is 6.40. The van der Waals surface area contributed by atoms with Gasteiger partial charge < -0.3 is 9.88 Å². The number of fused-ring (bicyclic) bond motifs is 1. The molecule has 0 spiro atoms. The van der Waals surface area contributed by atoms with Crippen LogP contribution in [-0.2, 0) is 0 Å². The highest BCUT2D eigenvalue weighted by atomic mass is 35.5. The summed E-state index contributed by atoms with van der Waals surface area (Å²) in [5.74, 6) is 0.184. The molecule has 1 fully saturated rings. The van der Waals surface area contributed by atoms with Crippen LogP contribution in [0.1, 0.15) is 44.4 Å². The average Bonchev–Trinajstić information content (AvgIpc) is 3.35. The fourth-order valence-corrected chi connectivity index (χ4v) is 4.81. The molecular formula is C26H29ClF2N6. The highest BCUT2D eigenvalue weighted by molar-refractivity contribution is 6.28. The van der Waals surface area contributed by atoms with E-state index in [1.54, 1.807) is 30.6 Å². The van der Waals surface area contributed by atoms with E-state index in [-0.39, 0.29) is 29.0 Å². The summed E-state index contributed by atoms with van der Waals surface area (Å²) in [6, 6.07) is 13.1. The van der Waals surface area contributed by atoms with Gasteiger partial charge in [-0.05, 0) is 53.4 Å². The summed E-state index contributed by atoms with van der Waals surface area (Å²) in [4.78, 5) is 20.7. The Hall–Kier alpha value is -3.10. The van der Waals surface area contributed by atoms with E-state index in [0.717, 1.165) is 42.0 Å². The molecule has 5 rings (SSSR count). The minimum atomic E-state index is -0.280. The van der Waals surface area contributed by atoms with Gasteiger partial charge in [0.15, 0.2) is 11.5 Å². The number of aromatic amines is 1. The molecule has 0 radical (unpaired) electrons. The largest absolute Gasteiger partial charge is 0.349 e. The Morgan fingerprint density at radius 1 is 0.971 bits per heavy atom. The predicted octanol–water partition coefficient (Wildman–Crippen LogP) is 6.00. The fourth-order valence-electron chi connectivity index (χ4n) is 4.65. The lowest BCUT2D eigenvalue weighted by Gasteiger charge is -2.45. The van der Waals surface area contributed by atoms with Crippen LogP contribution in [0, 0.1) is 11.6 Å². The number of anilines is 1. The number of aromatic nitrogens is 4. The maximum atomic E-state index is 13.6. The van der Waals surface area contributed by atoms with Crippen LogP contribution in [0.15, 0.2) is 54.9 Å². The normalized spacial score (nSPS) is 16.4. The average molecular weight is 499 g/mol. The van der Waals surface area contributed by atoms with Crippen LogP contribution < -0.4 is 4.90 Å². The van der Waals surface area contributed by atoms with Crippen molar-refractivity contribution >= 4 is 28.6 Å². The SMILES string of the molecule is CC.CCC1CN(C(c2ccc(F)cc2)c2ccc(F)cc2)CCN1c1nc(Cl)nc2nc[nH]c12. The maximum absolute atomic E-state index is 13.6. The minimum Gasteiger partial charge on any atom is -0.349 e. The van der Waals surface area contributed by atoms with E-state index in [4.69, 9.17) is 11.6 Å². The molecule has 0 amide bonds. The first-order valence-corrected chi connectivity index (χ1v) is 12.3. The first-order chi connectivity index (χ1) is 17.0. The number of H-pyrrole nitrogens is 1. The van der Waals surface area contributed by atoms with Gasteiger partial charge >= 0.3 is 0 Å². The van der Waals surface area contributed by atoms with Crippen molar-refractivity contribution in [1.82, 2.24) is 24.8 Å². The van der Waals surface area contributed by atoms with Gasteiger partial charge in [0.2, 0.25) is 5.28 Å². The third-order valence-electron chi connectivity index (χ3n) is 6.23. The maximum Gasteiger partial charge on any atom is 0.226 e. The second kappa shape index (κ2) is 11.1. The third kappa shape index (κ3) is 5.28. The number of benzene rings is 2. The standard InChI is InChI=1S/C24H23ClF2N6.C2H6/c1-2-19-13-32(11-12-33(19)23-20-22(29-14-28-20)30-24(25)31-23)21(15-3-7-17(26)8-4-15)16-5-9-18(27)10-6-16;1-2/h3-10,14,19,21H,2,11-13H2,1H3,(H,28,29,30,31);1-2H3. The molecular weight excluding hydrogens is 470 g/mol. The molecule has 0 aliphatic carbocycles. The first kappa shape index (κ1) is 25.0. The summed E-state index contributed by atoms with van der Waals surface area (Å²) in [5.41, 5.74) is 3.23. The molecule has 0 bridgehead atoms. The van der Waals surface area contributed by atoms with E-state index in [0.29, 0.717) is 12.2 Å². The van der Waals surface area contributed by atoms with E-state index in [1.165, 1.54) is 24.3 Å². The molecule has 1 unspecified atom stereocenters. The van der Waals surface area contributed by atoms with Gasteiger partial charge in [0.05, 0.1) is 12.4 Å². The summed E-state index contributed by atoms with van der Waals surface area (Å²) in [5, 5.41) is 0.164. The molecule has 4 aromatic rings. The van der Waals surface area contributed by atoms with Gasteiger partial charge in [0, 0.05) is 25.7 Å². The minimum absolute atomic E-state index is 0.122. The molecule has 1 aliphatic rings. The van der Waals surface area contributed by atoms with Crippen LogP contribution in [0.3, 0.4) is 0 Å². The second-order valence-electron chi connectivity index (χ2n) is 8.17. The molecule has 9 heteroatoms. The van der Waals surface area contributed by atoms with Crippen molar-refractivity contribution in [1.29, 1.82) is 0 Å². The second-order valence-corrected chi connectivity index (χ2v) is 8.51. The molecule has 1 N–H and O–H groups in total. The first-order valence-electron chi connectivity index (χ1n) is 11.9. The smallest absolute Gasteiger partial charge is 0.226 e. The predicted molar refractivity (Wildman–Crippen MR) is 136 cm³/mol. The monoisotopic (exact) mass is 498 g/mol. The summed E-state index contributed by atoms with van der Waals surface area (Å²) < 4.78 is 27.3. The van der Waals surface area contributed by atoms with E-state index in [9.17, 15) is 8.78 Å². The van der Waals surface area contributed by atoms with Gasteiger partial charge in [-0.25, -0.2) is 13.8 Å². The van der Waals surface area contributed by atoms with Gasteiger partial charge in [0.1, 0.15) is 17.2 Å². The fraction of sp³-hybridized carbons (Fsp3) is 0.346. The molecule has 0 saturated carbocycles. The van der Waals surface area contributed by atoms with Crippen molar-refractivity contribution in [2.24, 2.45) is 0 Å². The lowest BCUT2D eigenvalue weighted by Crippen LogP contribution is -2.54. The number of hydrogen-bond donors (Lipinski definition) is 1. The zero-order valence-electron chi connectivity index (χ0n) is 20.0. The number of nitrogens with one attached hydrogen (secondary N) is 1. The van der Waals surface area contributed by atoms with Gasteiger partial charge in [-0.2, -0.15) is 9.97 Å². The van der Waals surface area contributed by atoms with Crippen molar-refractivity contribution in [2.75, 3.05) is 24.5 Å². The Bertz CT molecular complexity index is 1200. The molecule has 3 heterocycles. The number of halogens is 3. The van der Waals surface area contributed by atoms with E-state index >= 15 is 0 Å². The highest BCUT2D eigenvalue weighted by Crippen LogP contribution is 2.34. The molecule has 35 heavy (non-hydrogen) atoms. The highest BCUT2D eigenvalue weighted by Gasteiger charge is 2.33. The molecule has 1 atom stereocenters. The molecule has 1 aliphatic heterocycles. The Balaban J connectivity index is 0.00000141. The van der Waals surface area contributed by atoms with E-state index < -0.39 is 0 Å². The lowest BCUT2D eigenvalue weighted by molar-refractivity contribution is 0.180.